The predicted octanol–water partition coefficient (Wildman–Crippen LogP) is 7.81. The molecule has 1 amide bonds. The van der Waals surface area contributed by atoms with Crippen LogP contribution in [0.15, 0.2) is 64.5 Å². The molecule has 1 saturated heterocycles. The molecule has 4 rings (SSSR count). The Labute approximate surface area is 214 Å². The van der Waals surface area contributed by atoms with Crippen LogP contribution in [0.25, 0.3) is 16.8 Å². The number of carbonyl (C=O) groups is 1. The number of amides is 1. The van der Waals surface area contributed by atoms with Crippen molar-refractivity contribution >= 4 is 62.9 Å². The van der Waals surface area contributed by atoms with Crippen molar-refractivity contribution in [2.45, 2.75) is 46.4 Å². The van der Waals surface area contributed by atoms with Crippen molar-refractivity contribution in [3.8, 4) is 5.75 Å². The van der Waals surface area contributed by atoms with Crippen LogP contribution in [-0.2, 0) is 11.4 Å². The summed E-state index contributed by atoms with van der Waals surface area (Å²) in [6.07, 6.45) is 1.92. The van der Waals surface area contributed by atoms with Crippen molar-refractivity contribution in [1.29, 1.82) is 0 Å². The first-order valence-electron chi connectivity index (χ1n) is 11.1. The monoisotopic (exact) mass is 512 g/mol. The van der Waals surface area contributed by atoms with E-state index in [4.69, 9.17) is 27.9 Å². The fourth-order valence-corrected chi connectivity index (χ4v) is 5.41. The zero-order chi connectivity index (χ0) is 24.4. The van der Waals surface area contributed by atoms with E-state index >= 15 is 0 Å². The number of benzene rings is 3. The summed E-state index contributed by atoms with van der Waals surface area (Å²) in [6, 6.07) is 17.5. The van der Waals surface area contributed by atoms with E-state index in [-0.39, 0.29) is 24.6 Å². The van der Waals surface area contributed by atoms with Gasteiger partial charge in [-0.15, -0.1) is 0 Å². The Balaban J connectivity index is 1.76. The van der Waals surface area contributed by atoms with Gasteiger partial charge in [-0.05, 0) is 74.5 Å². The number of fused-ring (bicyclic) bond motifs is 1. The topological polar surface area (TPSA) is 41.9 Å². The van der Waals surface area contributed by atoms with Crippen molar-refractivity contribution in [2.75, 3.05) is 0 Å². The average Bonchev–Trinajstić information content (AvgIpc) is 3.08. The molecular weight excluding hydrogens is 487 g/mol. The maximum atomic E-state index is 13.3. The van der Waals surface area contributed by atoms with E-state index in [1.165, 1.54) is 11.8 Å². The fraction of sp³-hybridized carbons (Fsp3) is 0.259. The van der Waals surface area contributed by atoms with Crippen LogP contribution in [0.3, 0.4) is 0 Å². The number of halogens is 2. The molecule has 1 fully saturated rings. The fourth-order valence-electron chi connectivity index (χ4n) is 3.73. The van der Waals surface area contributed by atoms with Gasteiger partial charge in [-0.3, -0.25) is 14.7 Å². The van der Waals surface area contributed by atoms with E-state index in [9.17, 15) is 4.79 Å². The quantitative estimate of drug-likeness (QED) is 0.316. The van der Waals surface area contributed by atoms with Crippen LogP contribution in [-0.4, -0.2) is 28.1 Å². The summed E-state index contributed by atoms with van der Waals surface area (Å²) >= 11 is 13.8. The van der Waals surface area contributed by atoms with Crippen molar-refractivity contribution in [3.05, 3.63) is 80.7 Å². The minimum atomic E-state index is -0.0426. The van der Waals surface area contributed by atoms with E-state index in [0.29, 0.717) is 20.7 Å². The second-order valence-electron chi connectivity index (χ2n) is 8.61. The summed E-state index contributed by atoms with van der Waals surface area (Å²) in [5.74, 6) is 0.634. The van der Waals surface area contributed by atoms with Gasteiger partial charge in [0.05, 0.1) is 4.91 Å². The highest BCUT2D eigenvalue weighted by atomic mass is 35.5. The van der Waals surface area contributed by atoms with Crippen molar-refractivity contribution in [2.24, 2.45) is 4.99 Å². The molecule has 0 aliphatic carbocycles. The Hall–Kier alpha value is -2.47. The molecule has 0 N–H and O–H groups in total. The first-order valence-corrected chi connectivity index (χ1v) is 12.7. The first kappa shape index (κ1) is 24.6. The van der Waals surface area contributed by atoms with Gasteiger partial charge in [-0.25, -0.2) is 0 Å². The summed E-state index contributed by atoms with van der Waals surface area (Å²) < 4.78 is 6.23. The number of hydrogen-bond acceptors (Lipinski definition) is 4. The molecule has 3 aromatic rings. The summed E-state index contributed by atoms with van der Waals surface area (Å²) in [7, 11) is 0. The summed E-state index contributed by atoms with van der Waals surface area (Å²) in [5.41, 5.74) is 1.69. The Bertz CT molecular complexity index is 1300. The summed E-state index contributed by atoms with van der Waals surface area (Å²) in [4.78, 5) is 20.4. The van der Waals surface area contributed by atoms with Gasteiger partial charge in [0.25, 0.3) is 5.91 Å². The van der Waals surface area contributed by atoms with Gasteiger partial charge >= 0.3 is 0 Å². The SMILES string of the molecule is CC(C)N=C1S/C(=C/c2c(OCc3ccc(Cl)cc3Cl)ccc3ccccc23)C(=O)N1C(C)C. The maximum Gasteiger partial charge on any atom is 0.266 e. The van der Waals surface area contributed by atoms with Gasteiger partial charge in [0.2, 0.25) is 0 Å². The van der Waals surface area contributed by atoms with E-state index in [2.05, 4.69) is 4.99 Å². The lowest BCUT2D eigenvalue weighted by molar-refractivity contribution is -0.123. The Morgan fingerprint density at radius 2 is 1.82 bits per heavy atom. The normalized spacial score (nSPS) is 16.6. The Morgan fingerprint density at radius 1 is 1.06 bits per heavy atom. The Morgan fingerprint density at radius 3 is 2.53 bits per heavy atom. The smallest absolute Gasteiger partial charge is 0.266 e. The number of amidine groups is 1. The molecule has 3 aromatic carbocycles. The number of hydrogen-bond donors (Lipinski definition) is 0. The second-order valence-corrected chi connectivity index (χ2v) is 10.5. The van der Waals surface area contributed by atoms with Crippen LogP contribution in [0.2, 0.25) is 10.0 Å². The van der Waals surface area contributed by atoms with Crippen LogP contribution in [0.5, 0.6) is 5.75 Å². The summed E-state index contributed by atoms with van der Waals surface area (Å²) in [6.45, 7) is 8.30. The molecule has 4 nitrogen and oxygen atoms in total. The molecule has 0 unspecified atom stereocenters. The van der Waals surface area contributed by atoms with Gasteiger partial charge in [0.15, 0.2) is 5.17 Å². The molecule has 34 heavy (non-hydrogen) atoms. The number of rotatable bonds is 6. The van der Waals surface area contributed by atoms with Crippen LogP contribution >= 0.6 is 35.0 Å². The van der Waals surface area contributed by atoms with Crippen molar-refractivity contribution < 1.29 is 9.53 Å². The number of thioether (sulfide) groups is 1. The molecule has 0 aromatic heterocycles. The molecule has 1 heterocycles. The number of ether oxygens (including phenoxy) is 1. The van der Waals surface area contributed by atoms with E-state index in [1.807, 2.05) is 76.2 Å². The second kappa shape index (κ2) is 10.4. The van der Waals surface area contributed by atoms with Crippen molar-refractivity contribution in [1.82, 2.24) is 4.90 Å². The summed E-state index contributed by atoms with van der Waals surface area (Å²) in [5, 5.41) is 3.94. The molecule has 0 atom stereocenters. The Kier molecular flexibility index (Phi) is 7.56. The highest BCUT2D eigenvalue weighted by Crippen LogP contribution is 2.38. The first-order chi connectivity index (χ1) is 16.2. The lowest BCUT2D eigenvalue weighted by atomic mass is 10.0. The van der Waals surface area contributed by atoms with Crippen LogP contribution in [0.1, 0.15) is 38.8 Å². The number of carbonyl (C=O) groups excluding carboxylic acids is 1. The number of aliphatic imine (C=N–C) groups is 1. The van der Waals surface area contributed by atoms with Crippen LogP contribution < -0.4 is 4.74 Å². The molecule has 0 spiro atoms. The van der Waals surface area contributed by atoms with Gasteiger partial charge in [0.1, 0.15) is 12.4 Å². The molecule has 7 heteroatoms. The average molecular weight is 513 g/mol. The molecule has 176 valence electrons. The minimum absolute atomic E-state index is 0.0127. The lowest BCUT2D eigenvalue weighted by Gasteiger charge is -2.20. The zero-order valence-electron chi connectivity index (χ0n) is 19.5. The van der Waals surface area contributed by atoms with Crippen molar-refractivity contribution in [3.63, 3.8) is 0 Å². The lowest BCUT2D eigenvalue weighted by Crippen LogP contribution is -2.35. The third-order valence-corrected chi connectivity index (χ3v) is 6.91. The molecule has 1 aliphatic heterocycles. The highest BCUT2D eigenvalue weighted by molar-refractivity contribution is 8.18. The third-order valence-electron chi connectivity index (χ3n) is 5.33. The molecule has 1 aliphatic rings. The standard InChI is InChI=1S/C27H26Cl2N2O2S/c1-16(2)30-27-31(17(3)4)26(32)25(34-27)14-22-21-8-6-5-7-18(21)10-12-24(22)33-15-19-9-11-20(28)13-23(19)29/h5-14,16-17H,15H2,1-4H3/b25-14+,30-27?. The zero-order valence-corrected chi connectivity index (χ0v) is 21.8. The molecule has 0 radical (unpaired) electrons. The molecular formula is C27H26Cl2N2O2S. The van der Waals surface area contributed by atoms with E-state index < -0.39 is 0 Å². The van der Waals surface area contributed by atoms with E-state index in [0.717, 1.165) is 27.1 Å². The van der Waals surface area contributed by atoms with Gasteiger partial charge in [0, 0.05) is 33.3 Å². The van der Waals surface area contributed by atoms with Gasteiger partial charge < -0.3 is 4.74 Å². The number of nitrogens with zero attached hydrogens (tertiary/aromatic N) is 2. The maximum absolute atomic E-state index is 13.3. The third kappa shape index (κ3) is 5.27. The van der Waals surface area contributed by atoms with Gasteiger partial charge in [-0.1, -0.05) is 59.6 Å². The van der Waals surface area contributed by atoms with Crippen LogP contribution in [0.4, 0.5) is 0 Å². The largest absolute Gasteiger partial charge is 0.488 e. The predicted molar refractivity (Wildman–Crippen MR) is 145 cm³/mol. The highest BCUT2D eigenvalue weighted by Gasteiger charge is 2.35. The van der Waals surface area contributed by atoms with Gasteiger partial charge in [-0.2, -0.15) is 0 Å². The molecule has 0 bridgehead atoms. The van der Waals surface area contributed by atoms with E-state index in [1.54, 1.807) is 17.0 Å². The molecule has 0 saturated carbocycles. The van der Waals surface area contributed by atoms with Crippen LogP contribution in [0, 0.1) is 0 Å². The minimum Gasteiger partial charge on any atom is -0.488 e.